The van der Waals surface area contributed by atoms with Gasteiger partial charge in [-0.3, -0.25) is 0 Å². The first-order chi connectivity index (χ1) is 10.8. The molecule has 0 spiro atoms. The van der Waals surface area contributed by atoms with Gasteiger partial charge in [-0.1, -0.05) is 42.5 Å². The molecule has 3 rings (SSSR count). The number of likely N-dealkylation sites (tertiary alicyclic amines) is 1. The van der Waals surface area contributed by atoms with Gasteiger partial charge in [-0.05, 0) is 68.0 Å². The van der Waals surface area contributed by atoms with Gasteiger partial charge in [0, 0.05) is 6.54 Å². The molecular weight excluding hydrogens is 350 g/mol. The first-order valence-corrected chi connectivity index (χ1v) is 8.36. The van der Waals surface area contributed by atoms with Gasteiger partial charge in [0.25, 0.3) is 0 Å². The molecule has 0 radical (unpaired) electrons. The van der Waals surface area contributed by atoms with E-state index in [4.69, 9.17) is 0 Å². The predicted molar refractivity (Wildman–Crippen MR) is 102 cm³/mol. The first-order valence-electron chi connectivity index (χ1n) is 8.36. The molecule has 1 aliphatic rings. The van der Waals surface area contributed by atoms with Crippen LogP contribution in [0.2, 0.25) is 0 Å². The SMILES string of the molecule is Br.Oc1cccc([C@@H]2CCCN(CCCc3ccccc3)C2)c1. The summed E-state index contributed by atoms with van der Waals surface area (Å²) in [5.74, 6) is 0.955. The van der Waals surface area contributed by atoms with Gasteiger partial charge in [0.1, 0.15) is 5.75 Å². The van der Waals surface area contributed by atoms with Crippen LogP contribution < -0.4 is 0 Å². The summed E-state index contributed by atoms with van der Waals surface area (Å²) in [7, 11) is 0. The molecule has 1 fully saturated rings. The van der Waals surface area contributed by atoms with Crippen molar-refractivity contribution < 1.29 is 5.11 Å². The molecule has 0 bridgehead atoms. The van der Waals surface area contributed by atoms with Crippen molar-refractivity contribution in [3.8, 4) is 5.75 Å². The second-order valence-electron chi connectivity index (χ2n) is 6.32. The fourth-order valence-electron chi connectivity index (χ4n) is 3.46. The summed E-state index contributed by atoms with van der Waals surface area (Å²) in [6.07, 6.45) is 4.87. The Labute approximate surface area is 149 Å². The van der Waals surface area contributed by atoms with E-state index in [2.05, 4.69) is 41.3 Å². The summed E-state index contributed by atoms with van der Waals surface area (Å²) < 4.78 is 0. The number of nitrogens with zero attached hydrogens (tertiary/aromatic N) is 1. The molecule has 1 aliphatic heterocycles. The van der Waals surface area contributed by atoms with Crippen LogP contribution in [0.4, 0.5) is 0 Å². The van der Waals surface area contributed by atoms with Crippen LogP contribution in [0.5, 0.6) is 5.75 Å². The summed E-state index contributed by atoms with van der Waals surface area (Å²) in [5, 5.41) is 9.66. The summed E-state index contributed by atoms with van der Waals surface area (Å²) in [4.78, 5) is 2.58. The topological polar surface area (TPSA) is 23.5 Å². The van der Waals surface area contributed by atoms with Crippen LogP contribution in [-0.4, -0.2) is 29.6 Å². The maximum atomic E-state index is 9.66. The minimum atomic E-state index is 0. The van der Waals surface area contributed by atoms with Gasteiger partial charge in [-0.15, -0.1) is 17.0 Å². The Balaban J connectivity index is 0.00000192. The number of hydrogen-bond donors (Lipinski definition) is 1. The smallest absolute Gasteiger partial charge is 0.115 e. The van der Waals surface area contributed by atoms with Crippen LogP contribution in [0.1, 0.15) is 36.3 Å². The van der Waals surface area contributed by atoms with Gasteiger partial charge in [0.15, 0.2) is 0 Å². The lowest BCUT2D eigenvalue weighted by Crippen LogP contribution is -2.35. The van der Waals surface area contributed by atoms with Crippen LogP contribution in [0.25, 0.3) is 0 Å². The quantitative estimate of drug-likeness (QED) is 0.812. The van der Waals surface area contributed by atoms with Crippen molar-refractivity contribution in [2.24, 2.45) is 0 Å². The Morgan fingerprint density at radius 2 is 1.87 bits per heavy atom. The van der Waals surface area contributed by atoms with E-state index < -0.39 is 0 Å². The minimum absolute atomic E-state index is 0. The van der Waals surface area contributed by atoms with Gasteiger partial charge in [0.2, 0.25) is 0 Å². The van der Waals surface area contributed by atoms with Gasteiger partial charge >= 0.3 is 0 Å². The number of aryl methyl sites for hydroxylation is 1. The summed E-state index contributed by atoms with van der Waals surface area (Å²) in [5.41, 5.74) is 2.72. The van der Waals surface area contributed by atoms with Crippen molar-refractivity contribution in [2.75, 3.05) is 19.6 Å². The van der Waals surface area contributed by atoms with Crippen molar-refractivity contribution in [3.05, 3.63) is 65.7 Å². The Morgan fingerprint density at radius 1 is 1.04 bits per heavy atom. The maximum absolute atomic E-state index is 9.66. The Bertz CT molecular complexity index is 587. The number of phenolic OH excluding ortho intramolecular Hbond substituents is 1. The molecule has 2 aromatic carbocycles. The van der Waals surface area contributed by atoms with E-state index in [0.29, 0.717) is 11.7 Å². The zero-order valence-electron chi connectivity index (χ0n) is 13.5. The number of phenols is 1. The number of piperidine rings is 1. The Kier molecular flexibility index (Phi) is 7.13. The van der Waals surface area contributed by atoms with Crippen LogP contribution in [0.15, 0.2) is 54.6 Å². The number of benzene rings is 2. The highest BCUT2D eigenvalue weighted by Gasteiger charge is 2.21. The lowest BCUT2D eigenvalue weighted by atomic mass is 9.90. The van der Waals surface area contributed by atoms with Crippen molar-refractivity contribution in [2.45, 2.75) is 31.6 Å². The molecule has 0 saturated carbocycles. The highest BCUT2D eigenvalue weighted by molar-refractivity contribution is 8.93. The van der Waals surface area contributed by atoms with Crippen LogP contribution in [-0.2, 0) is 6.42 Å². The second kappa shape index (κ2) is 9.09. The van der Waals surface area contributed by atoms with Crippen LogP contribution in [0, 0.1) is 0 Å². The highest BCUT2D eigenvalue weighted by atomic mass is 79.9. The van der Waals surface area contributed by atoms with E-state index in [0.717, 1.165) is 13.0 Å². The molecule has 1 saturated heterocycles. The fraction of sp³-hybridized carbons (Fsp3) is 0.400. The highest BCUT2D eigenvalue weighted by Crippen LogP contribution is 2.28. The van der Waals surface area contributed by atoms with Crippen LogP contribution in [0.3, 0.4) is 0 Å². The minimum Gasteiger partial charge on any atom is -0.508 e. The van der Waals surface area contributed by atoms with E-state index in [-0.39, 0.29) is 17.0 Å². The lowest BCUT2D eigenvalue weighted by Gasteiger charge is -2.33. The summed E-state index contributed by atoms with van der Waals surface area (Å²) in [6.45, 7) is 3.51. The molecular formula is C20H26BrNO. The maximum Gasteiger partial charge on any atom is 0.115 e. The summed E-state index contributed by atoms with van der Waals surface area (Å²) >= 11 is 0. The molecule has 23 heavy (non-hydrogen) atoms. The lowest BCUT2D eigenvalue weighted by molar-refractivity contribution is 0.206. The standard InChI is InChI=1S/C20H25NO.BrH/c22-20-12-4-10-18(15-20)19-11-6-14-21(16-19)13-5-9-17-7-2-1-3-8-17;/h1-4,7-8,10,12,15,19,22H,5-6,9,11,13-14,16H2;1H/t19-;/m1./s1. The number of halogens is 1. The number of hydrogen-bond acceptors (Lipinski definition) is 2. The third-order valence-corrected chi connectivity index (χ3v) is 4.63. The largest absolute Gasteiger partial charge is 0.508 e. The Morgan fingerprint density at radius 3 is 2.65 bits per heavy atom. The van der Waals surface area contributed by atoms with Crippen molar-refractivity contribution >= 4 is 17.0 Å². The summed E-state index contributed by atoms with van der Waals surface area (Å²) in [6, 6.07) is 18.5. The zero-order chi connectivity index (χ0) is 15.2. The Hall–Kier alpha value is -1.32. The monoisotopic (exact) mass is 375 g/mol. The first kappa shape index (κ1) is 18.0. The van der Waals surface area contributed by atoms with E-state index >= 15 is 0 Å². The molecule has 0 amide bonds. The number of aromatic hydroxyl groups is 1. The molecule has 1 atom stereocenters. The van der Waals surface area contributed by atoms with E-state index in [1.165, 1.54) is 43.5 Å². The molecule has 1 N–H and O–H groups in total. The molecule has 0 aliphatic carbocycles. The molecule has 3 heteroatoms. The van der Waals surface area contributed by atoms with Crippen molar-refractivity contribution in [1.82, 2.24) is 4.90 Å². The van der Waals surface area contributed by atoms with Crippen molar-refractivity contribution in [1.29, 1.82) is 0 Å². The molecule has 124 valence electrons. The van der Waals surface area contributed by atoms with Gasteiger partial charge in [0.05, 0.1) is 0 Å². The van der Waals surface area contributed by atoms with E-state index in [1.54, 1.807) is 6.07 Å². The third kappa shape index (κ3) is 5.36. The zero-order valence-corrected chi connectivity index (χ0v) is 15.2. The third-order valence-electron chi connectivity index (χ3n) is 4.63. The molecule has 2 aromatic rings. The normalized spacial score (nSPS) is 18.3. The fourth-order valence-corrected chi connectivity index (χ4v) is 3.46. The van der Waals surface area contributed by atoms with Gasteiger partial charge in [-0.2, -0.15) is 0 Å². The number of rotatable bonds is 5. The van der Waals surface area contributed by atoms with Crippen molar-refractivity contribution in [3.63, 3.8) is 0 Å². The average molecular weight is 376 g/mol. The average Bonchev–Trinajstić information content (AvgIpc) is 2.56. The van der Waals surface area contributed by atoms with Crippen LogP contribution >= 0.6 is 17.0 Å². The van der Waals surface area contributed by atoms with E-state index in [1.807, 2.05) is 12.1 Å². The predicted octanol–water partition coefficient (Wildman–Crippen LogP) is 4.78. The van der Waals surface area contributed by atoms with E-state index in [9.17, 15) is 5.11 Å². The van der Waals surface area contributed by atoms with Gasteiger partial charge in [-0.25, -0.2) is 0 Å². The molecule has 0 unspecified atom stereocenters. The molecule has 2 nitrogen and oxygen atoms in total. The van der Waals surface area contributed by atoms with Gasteiger partial charge < -0.3 is 10.0 Å². The molecule has 1 heterocycles. The molecule has 0 aromatic heterocycles. The second-order valence-corrected chi connectivity index (χ2v) is 6.32.